The molecular weight excluding hydrogens is 516 g/mol. The molecule has 43 heavy (non-hydrogen) atoms. The molecule has 0 aromatic heterocycles. The molecule has 0 amide bonds. The van der Waals surface area contributed by atoms with Crippen LogP contribution in [0.3, 0.4) is 0 Å². The monoisotopic (exact) mass is 564 g/mol. The van der Waals surface area contributed by atoms with Crippen molar-refractivity contribution in [1.82, 2.24) is 0 Å². The highest BCUT2D eigenvalue weighted by Gasteiger charge is 2.45. The number of fused-ring (bicyclic) bond motifs is 4. The van der Waals surface area contributed by atoms with Crippen molar-refractivity contribution in [3.63, 3.8) is 0 Å². The number of benzene rings is 4. The normalized spacial score (nSPS) is 16.0. The van der Waals surface area contributed by atoms with Gasteiger partial charge in [0, 0.05) is 11.3 Å². The molecule has 2 aliphatic carbocycles. The van der Waals surface area contributed by atoms with E-state index in [2.05, 4.69) is 151 Å². The van der Waals surface area contributed by atoms with E-state index in [-0.39, 0.29) is 16.2 Å². The molecule has 0 fully saturated rings. The first-order valence-electron chi connectivity index (χ1n) is 16.3. The Kier molecular flexibility index (Phi) is 7.62. The number of hydrogen-bond donors (Lipinski definition) is 0. The first-order chi connectivity index (χ1) is 20.5. The van der Waals surface area contributed by atoms with Crippen LogP contribution in [0.1, 0.15) is 101 Å². The van der Waals surface area contributed by atoms with Crippen molar-refractivity contribution >= 4 is 10.8 Å². The van der Waals surface area contributed by atoms with E-state index >= 15 is 0 Å². The van der Waals surface area contributed by atoms with E-state index in [0.717, 1.165) is 32.1 Å². The van der Waals surface area contributed by atoms with Gasteiger partial charge in [0.2, 0.25) is 0 Å². The maximum absolute atomic E-state index is 4.04. The summed E-state index contributed by atoms with van der Waals surface area (Å²) in [5.74, 6) is 0.291. The lowest BCUT2D eigenvalue weighted by atomic mass is 9.58. The lowest BCUT2D eigenvalue weighted by Crippen LogP contribution is -2.38. The maximum Gasteiger partial charge on any atom is 0.0306 e. The zero-order valence-corrected chi connectivity index (χ0v) is 27.1. The molecule has 0 aliphatic heterocycles. The Morgan fingerprint density at radius 3 is 2.12 bits per heavy atom. The fourth-order valence-corrected chi connectivity index (χ4v) is 7.74. The van der Waals surface area contributed by atoms with Crippen LogP contribution in [-0.2, 0) is 22.7 Å². The minimum absolute atomic E-state index is 0.00492. The van der Waals surface area contributed by atoms with Gasteiger partial charge < -0.3 is 0 Å². The molecule has 0 spiro atoms. The predicted octanol–water partition coefficient (Wildman–Crippen LogP) is 11.8. The molecule has 0 saturated heterocycles. The summed E-state index contributed by atoms with van der Waals surface area (Å²) in [5, 5.41) is 2.63. The van der Waals surface area contributed by atoms with Crippen LogP contribution in [0.15, 0.2) is 110 Å². The molecule has 1 unspecified atom stereocenters. The van der Waals surface area contributed by atoms with Crippen molar-refractivity contribution in [1.29, 1.82) is 0 Å². The zero-order chi connectivity index (χ0) is 30.4. The molecule has 1 atom stereocenters. The standard InChI is InChI=1S/C43H48/c1-8-9-10-15-26-43(33-18-13-14-19-33,35-21-20-30-16-11-12-17-31(30)27-35)40-38-29-32-28-34(41(2,3)4)22-23-36(32)37(38)24-25-39(40)42(5,6)7/h8,11-14,16-25,27-28,33H,1,9-10,15,26,29H2,2-7H3. The average molecular weight is 565 g/mol. The van der Waals surface area contributed by atoms with Gasteiger partial charge in [0.15, 0.2) is 0 Å². The largest absolute Gasteiger partial charge is 0.103 e. The van der Waals surface area contributed by atoms with Crippen molar-refractivity contribution in [2.45, 2.75) is 89.9 Å². The fraction of sp³-hybridized carbons (Fsp3) is 0.349. The van der Waals surface area contributed by atoms with Crippen LogP contribution in [0, 0.1) is 5.92 Å². The van der Waals surface area contributed by atoms with Crippen molar-refractivity contribution in [2.24, 2.45) is 5.92 Å². The van der Waals surface area contributed by atoms with Gasteiger partial charge in [-0.15, -0.1) is 6.58 Å². The van der Waals surface area contributed by atoms with Gasteiger partial charge in [0.1, 0.15) is 0 Å². The summed E-state index contributed by atoms with van der Waals surface area (Å²) in [6.45, 7) is 18.2. The van der Waals surface area contributed by atoms with E-state index < -0.39 is 0 Å². The smallest absolute Gasteiger partial charge is 0.0306 e. The lowest BCUT2D eigenvalue weighted by molar-refractivity contribution is 0.380. The molecule has 4 aromatic rings. The van der Waals surface area contributed by atoms with Gasteiger partial charge in [0.25, 0.3) is 0 Å². The average Bonchev–Trinajstić information content (AvgIpc) is 3.64. The second kappa shape index (κ2) is 11.1. The number of hydrogen-bond acceptors (Lipinski definition) is 0. The van der Waals surface area contributed by atoms with Gasteiger partial charge in [-0.25, -0.2) is 0 Å². The molecule has 4 aromatic carbocycles. The van der Waals surface area contributed by atoms with Crippen molar-refractivity contribution in [3.8, 4) is 11.1 Å². The third-order valence-corrected chi connectivity index (χ3v) is 10.0. The van der Waals surface area contributed by atoms with E-state index in [9.17, 15) is 0 Å². The Hall–Kier alpha value is -3.64. The Morgan fingerprint density at radius 2 is 1.42 bits per heavy atom. The topological polar surface area (TPSA) is 0 Å². The minimum Gasteiger partial charge on any atom is -0.103 e. The molecule has 0 heteroatoms. The highest BCUT2D eigenvalue weighted by molar-refractivity contribution is 5.85. The van der Waals surface area contributed by atoms with Gasteiger partial charge >= 0.3 is 0 Å². The van der Waals surface area contributed by atoms with E-state index in [4.69, 9.17) is 0 Å². The quantitative estimate of drug-likeness (QED) is 0.130. The van der Waals surface area contributed by atoms with Crippen molar-refractivity contribution < 1.29 is 0 Å². The lowest BCUT2D eigenvalue weighted by Gasteiger charge is -2.44. The molecule has 0 nitrogen and oxygen atoms in total. The molecule has 0 N–H and O–H groups in total. The molecule has 0 bridgehead atoms. The molecule has 220 valence electrons. The van der Waals surface area contributed by atoms with Crippen LogP contribution >= 0.6 is 0 Å². The molecule has 6 rings (SSSR count). The van der Waals surface area contributed by atoms with Crippen LogP contribution in [0.5, 0.6) is 0 Å². The number of rotatable bonds is 8. The molecule has 2 aliphatic rings. The SMILES string of the molecule is C=CCCCCC(c1ccc2ccccc2c1)(c1c(C(C)(C)C)ccc2c1Cc1cc(C(C)(C)C)ccc1-2)C1C=CC=C1. The Morgan fingerprint density at radius 1 is 0.721 bits per heavy atom. The Balaban J connectivity index is 1.67. The van der Waals surface area contributed by atoms with Crippen LogP contribution in [-0.4, -0.2) is 0 Å². The maximum atomic E-state index is 4.04. The summed E-state index contributed by atoms with van der Waals surface area (Å²) in [6.07, 6.45) is 17.0. The van der Waals surface area contributed by atoms with Crippen molar-refractivity contribution in [3.05, 3.63) is 143 Å². The van der Waals surface area contributed by atoms with Crippen LogP contribution in [0.2, 0.25) is 0 Å². The van der Waals surface area contributed by atoms with Gasteiger partial charge in [0.05, 0.1) is 0 Å². The first kappa shape index (κ1) is 29.4. The minimum atomic E-state index is -0.183. The summed E-state index contributed by atoms with van der Waals surface area (Å²) in [4.78, 5) is 0. The van der Waals surface area contributed by atoms with Crippen LogP contribution in [0.25, 0.3) is 21.9 Å². The second-order valence-electron chi connectivity index (χ2n) is 14.9. The van der Waals surface area contributed by atoms with Gasteiger partial charge in [-0.2, -0.15) is 0 Å². The molecule has 0 radical (unpaired) electrons. The third kappa shape index (κ3) is 5.24. The van der Waals surface area contributed by atoms with Gasteiger partial charge in [-0.3, -0.25) is 0 Å². The zero-order valence-electron chi connectivity index (χ0n) is 27.1. The summed E-state index contributed by atoms with van der Waals surface area (Å²) >= 11 is 0. The fourth-order valence-electron chi connectivity index (χ4n) is 7.74. The van der Waals surface area contributed by atoms with E-state index in [0.29, 0.717) is 5.92 Å². The van der Waals surface area contributed by atoms with Gasteiger partial charge in [-0.05, 0) is 91.8 Å². The van der Waals surface area contributed by atoms with Gasteiger partial charge in [-0.1, -0.05) is 151 Å². The molecule has 0 heterocycles. The summed E-state index contributed by atoms with van der Waals surface area (Å²) in [5.41, 5.74) is 11.7. The molecular formula is C43H48. The predicted molar refractivity (Wildman–Crippen MR) is 187 cm³/mol. The highest BCUT2D eigenvalue weighted by atomic mass is 14.5. The summed E-state index contributed by atoms with van der Waals surface area (Å²) < 4.78 is 0. The van der Waals surface area contributed by atoms with Crippen LogP contribution < -0.4 is 0 Å². The van der Waals surface area contributed by atoms with E-state index in [1.54, 1.807) is 11.1 Å². The number of unbranched alkanes of at least 4 members (excludes halogenated alkanes) is 2. The van der Waals surface area contributed by atoms with Crippen LogP contribution in [0.4, 0.5) is 0 Å². The summed E-state index contributed by atoms with van der Waals surface area (Å²) in [7, 11) is 0. The highest BCUT2D eigenvalue weighted by Crippen LogP contribution is 2.54. The summed E-state index contributed by atoms with van der Waals surface area (Å²) in [6, 6.07) is 28.3. The third-order valence-electron chi connectivity index (χ3n) is 10.0. The van der Waals surface area contributed by atoms with E-state index in [1.165, 1.54) is 44.2 Å². The first-order valence-corrected chi connectivity index (χ1v) is 16.3. The Labute approximate surface area is 260 Å². The number of allylic oxidation sites excluding steroid dienone is 5. The molecule has 0 saturated carbocycles. The second-order valence-corrected chi connectivity index (χ2v) is 14.9. The Bertz CT molecular complexity index is 1720. The van der Waals surface area contributed by atoms with E-state index in [1.807, 2.05) is 0 Å². The van der Waals surface area contributed by atoms with Crippen molar-refractivity contribution in [2.75, 3.05) is 0 Å².